The lowest BCUT2D eigenvalue weighted by Gasteiger charge is -2.33. The Bertz CT molecular complexity index is 297. The summed E-state index contributed by atoms with van der Waals surface area (Å²) >= 11 is 0. The van der Waals surface area contributed by atoms with Gasteiger partial charge in [-0.2, -0.15) is 5.26 Å². The second-order valence-corrected chi connectivity index (χ2v) is 5.35. The van der Waals surface area contributed by atoms with Crippen LogP contribution in [-0.2, 0) is 4.79 Å². The molecule has 0 N–H and O–H groups in total. The molecule has 1 heterocycles. The number of carbonyl (C=O) groups excluding carboxylic acids is 1. The third-order valence-electron chi connectivity index (χ3n) is 3.78. The highest BCUT2D eigenvalue weighted by Gasteiger charge is 2.27. The SMILES string of the molecule is CCCN(CCC)C(=O)C1CCN(CCC#N)CC1. The van der Waals surface area contributed by atoms with Gasteiger partial charge in [0.05, 0.1) is 6.07 Å². The molecule has 19 heavy (non-hydrogen) atoms. The first-order valence-electron chi connectivity index (χ1n) is 7.61. The molecule has 1 aliphatic heterocycles. The van der Waals surface area contributed by atoms with E-state index in [0.717, 1.165) is 58.4 Å². The number of carbonyl (C=O) groups is 1. The van der Waals surface area contributed by atoms with E-state index in [1.807, 2.05) is 4.90 Å². The van der Waals surface area contributed by atoms with Gasteiger partial charge in [0.1, 0.15) is 0 Å². The Balaban J connectivity index is 2.40. The van der Waals surface area contributed by atoms with Gasteiger partial charge in [0.2, 0.25) is 5.91 Å². The molecule has 1 saturated heterocycles. The Hall–Kier alpha value is -1.08. The van der Waals surface area contributed by atoms with Gasteiger partial charge < -0.3 is 9.80 Å². The van der Waals surface area contributed by atoms with Gasteiger partial charge in [-0.3, -0.25) is 4.79 Å². The van der Waals surface area contributed by atoms with Gasteiger partial charge in [0.15, 0.2) is 0 Å². The molecule has 0 unspecified atom stereocenters. The van der Waals surface area contributed by atoms with Crippen molar-refractivity contribution >= 4 is 5.91 Å². The van der Waals surface area contributed by atoms with Crippen LogP contribution in [0.2, 0.25) is 0 Å². The smallest absolute Gasteiger partial charge is 0.225 e. The monoisotopic (exact) mass is 265 g/mol. The summed E-state index contributed by atoms with van der Waals surface area (Å²) in [6.45, 7) is 8.81. The van der Waals surface area contributed by atoms with Gasteiger partial charge in [0.25, 0.3) is 0 Å². The highest BCUT2D eigenvalue weighted by Crippen LogP contribution is 2.20. The lowest BCUT2D eigenvalue weighted by Crippen LogP contribution is -2.43. The first kappa shape index (κ1) is 16.0. The zero-order valence-electron chi connectivity index (χ0n) is 12.4. The van der Waals surface area contributed by atoms with Crippen molar-refractivity contribution in [1.29, 1.82) is 5.26 Å². The van der Waals surface area contributed by atoms with E-state index in [4.69, 9.17) is 5.26 Å². The van der Waals surface area contributed by atoms with Crippen molar-refractivity contribution in [3.8, 4) is 6.07 Å². The Kier molecular flexibility index (Phi) is 7.50. The quantitative estimate of drug-likeness (QED) is 0.709. The molecule has 1 rings (SSSR count). The van der Waals surface area contributed by atoms with Crippen LogP contribution < -0.4 is 0 Å². The predicted molar refractivity (Wildman–Crippen MR) is 76.6 cm³/mol. The van der Waals surface area contributed by atoms with Crippen molar-refractivity contribution in [2.24, 2.45) is 5.92 Å². The normalized spacial score (nSPS) is 17.1. The van der Waals surface area contributed by atoms with Crippen LogP contribution in [0.5, 0.6) is 0 Å². The van der Waals surface area contributed by atoms with Crippen LogP contribution >= 0.6 is 0 Å². The topological polar surface area (TPSA) is 47.3 Å². The summed E-state index contributed by atoms with van der Waals surface area (Å²) < 4.78 is 0. The van der Waals surface area contributed by atoms with E-state index in [-0.39, 0.29) is 5.92 Å². The van der Waals surface area contributed by atoms with Gasteiger partial charge in [0, 0.05) is 32.0 Å². The van der Waals surface area contributed by atoms with Crippen LogP contribution in [0.25, 0.3) is 0 Å². The molecule has 108 valence electrons. The molecule has 0 atom stereocenters. The maximum absolute atomic E-state index is 12.5. The van der Waals surface area contributed by atoms with Crippen molar-refractivity contribution in [2.45, 2.75) is 46.0 Å². The van der Waals surface area contributed by atoms with Crippen LogP contribution in [0.4, 0.5) is 0 Å². The van der Waals surface area contributed by atoms with E-state index in [1.165, 1.54) is 0 Å². The molecule has 0 bridgehead atoms. The van der Waals surface area contributed by atoms with E-state index in [1.54, 1.807) is 0 Å². The standard InChI is InChI=1S/C15H27N3O/c1-3-9-18(10-4-2)15(19)14-6-12-17(13-7-14)11-5-8-16/h14H,3-7,9-13H2,1-2H3. The molecule has 0 aliphatic carbocycles. The van der Waals surface area contributed by atoms with E-state index in [2.05, 4.69) is 24.8 Å². The summed E-state index contributed by atoms with van der Waals surface area (Å²) in [4.78, 5) is 16.8. The Morgan fingerprint density at radius 2 is 1.84 bits per heavy atom. The number of amides is 1. The average Bonchev–Trinajstić information content (AvgIpc) is 2.44. The summed E-state index contributed by atoms with van der Waals surface area (Å²) in [5, 5.41) is 8.59. The van der Waals surface area contributed by atoms with Crippen LogP contribution in [0.3, 0.4) is 0 Å². The van der Waals surface area contributed by atoms with Crippen LogP contribution in [0.1, 0.15) is 46.0 Å². The molecular weight excluding hydrogens is 238 g/mol. The number of nitrogens with zero attached hydrogens (tertiary/aromatic N) is 3. The van der Waals surface area contributed by atoms with Crippen LogP contribution in [-0.4, -0.2) is 48.4 Å². The first-order chi connectivity index (χ1) is 9.22. The second kappa shape index (κ2) is 8.92. The minimum absolute atomic E-state index is 0.205. The molecule has 0 aromatic rings. The molecule has 0 spiro atoms. The van der Waals surface area contributed by atoms with Crippen molar-refractivity contribution < 1.29 is 4.79 Å². The van der Waals surface area contributed by atoms with Crippen LogP contribution in [0, 0.1) is 17.2 Å². The van der Waals surface area contributed by atoms with Gasteiger partial charge in [-0.15, -0.1) is 0 Å². The Labute approximate surface area is 117 Å². The van der Waals surface area contributed by atoms with Crippen molar-refractivity contribution in [3.05, 3.63) is 0 Å². The van der Waals surface area contributed by atoms with E-state index >= 15 is 0 Å². The number of likely N-dealkylation sites (tertiary alicyclic amines) is 1. The molecule has 1 aliphatic rings. The number of hydrogen-bond acceptors (Lipinski definition) is 3. The van der Waals surface area contributed by atoms with Crippen molar-refractivity contribution in [3.63, 3.8) is 0 Å². The van der Waals surface area contributed by atoms with Crippen molar-refractivity contribution in [1.82, 2.24) is 9.80 Å². The summed E-state index contributed by atoms with van der Waals surface area (Å²) in [5.74, 6) is 0.556. The molecule has 0 saturated carbocycles. The zero-order chi connectivity index (χ0) is 14.1. The minimum atomic E-state index is 0.205. The molecule has 0 radical (unpaired) electrons. The van der Waals surface area contributed by atoms with E-state index in [0.29, 0.717) is 12.3 Å². The second-order valence-electron chi connectivity index (χ2n) is 5.35. The van der Waals surface area contributed by atoms with E-state index in [9.17, 15) is 4.79 Å². The fraction of sp³-hybridized carbons (Fsp3) is 0.867. The van der Waals surface area contributed by atoms with Gasteiger partial charge >= 0.3 is 0 Å². The summed E-state index contributed by atoms with van der Waals surface area (Å²) in [6, 6.07) is 2.18. The largest absolute Gasteiger partial charge is 0.342 e. The fourth-order valence-electron chi connectivity index (χ4n) is 2.74. The summed E-state index contributed by atoms with van der Waals surface area (Å²) in [5.41, 5.74) is 0. The van der Waals surface area contributed by atoms with Crippen molar-refractivity contribution in [2.75, 3.05) is 32.7 Å². The molecule has 0 aromatic carbocycles. The number of hydrogen-bond donors (Lipinski definition) is 0. The van der Waals surface area contributed by atoms with Crippen LogP contribution in [0.15, 0.2) is 0 Å². The average molecular weight is 265 g/mol. The molecule has 4 nitrogen and oxygen atoms in total. The highest BCUT2D eigenvalue weighted by molar-refractivity contribution is 5.79. The zero-order valence-corrected chi connectivity index (χ0v) is 12.4. The number of piperidine rings is 1. The third-order valence-corrected chi connectivity index (χ3v) is 3.78. The minimum Gasteiger partial charge on any atom is -0.342 e. The Morgan fingerprint density at radius 3 is 2.32 bits per heavy atom. The highest BCUT2D eigenvalue weighted by atomic mass is 16.2. The summed E-state index contributed by atoms with van der Waals surface area (Å²) in [7, 11) is 0. The summed E-state index contributed by atoms with van der Waals surface area (Å²) in [6.07, 6.45) is 4.57. The first-order valence-corrected chi connectivity index (χ1v) is 7.61. The molecular formula is C15H27N3O. The Morgan fingerprint density at radius 1 is 1.26 bits per heavy atom. The fourth-order valence-corrected chi connectivity index (χ4v) is 2.74. The van der Waals surface area contributed by atoms with Gasteiger partial charge in [-0.05, 0) is 38.8 Å². The molecule has 1 fully saturated rings. The maximum Gasteiger partial charge on any atom is 0.225 e. The molecule has 1 amide bonds. The predicted octanol–water partition coefficient (Wildman–Crippen LogP) is 2.26. The lowest BCUT2D eigenvalue weighted by molar-refractivity contribution is -0.137. The lowest BCUT2D eigenvalue weighted by atomic mass is 9.95. The molecule has 0 aromatic heterocycles. The van der Waals surface area contributed by atoms with Gasteiger partial charge in [-0.25, -0.2) is 0 Å². The number of nitriles is 1. The molecule has 4 heteroatoms. The number of rotatable bonds is 7. The van der Waals surface area contributed by atoms with E-state index < -0.39 is 0 Å². The third kappa shape index (κ3) is 5.20. The maximum atomic E-state index is 12.5. The van der Waals surface area contributed by atoms with Gasteiger partial charge in [-0.1, -0.05) is 13.8 Å².